The van der Waals surface area contributed by atoms with E-state index in [4.69, 9.17) is 33.0 Å². The van der Waals surface area contributed by atoms with Gasteiger partial charge in [-0.3, -0.25) is 4.90 Å². The second kappa shape index (κ2) is 8.25. The molecule has 0 atom stereocenters. The quantitative estimate of drug-likeness (QED) is 0.534. The molecule has 1 saturated heterocycles. The summed E-state index contributed by atoms with van der Waals surface area (Å²) in [5.74, 6) is 1.28. The van der Waals surface area contributed by atoms with Gasteiger partial charge in [0.1, 0.15) is 12.4 Å². The molecule has 3 aromatic rings. The molecule has 1 aromatic heterocycles. The number of rotatable bonds is 6. The van der Waals surface area contributed by atoms with E-state index in [0.717, 1.165) is 30.0 Å². The highest BCUT2D eigenvalue weighted by atomic mass is 35.5. The molecular weight excluding hydrogens is 382 g/mol. The molecule has 7 heteroatoms. The molecule has 2 heterocycles. The summed E-state index contributed by atoms with van der Waals surface area (Å²) in [6, 6.07) is 15.3. The smallest absolute Gasteiger partial charge is 0.288 e. The molecule has 0 unspecified atom stereocenters. The Morgan fingerprint density at radius 1 is 1.07 bits per heavy atom. The second-order valence-electron chi connectivity index (χ2n) is 6.54. The van der Waals surface area contributed by atoms with Crippen molar-refractivity contribution < 1.29 is 9.15 Å². The zero-order valence-corrected chi connectivity index (χ0v) is 16.4. The van der Waals surface area contributed by atoms with Crippen molar-refractivity contribution in [2.75, 3.05) is 13.1 Å². The highest BCUT2D eigenvalue weighted by Gasteiger charge is 2.15. The maximum Gasteiger partial charge on any atom is 0.288 e. The minimum Gasteiger partial charge on any atom is -0.489 e. The van der Waals surface area contributed by atoms with E-state index in [1.807, 2.05) is 48.5 Å². The Morgan fingerprint density at radius 3 is 2.56 bits per heavy atom. The lowest BCUT2D eigenvalue weighted by molar-refractivity contribution is 0.249. The van der Waals surface area contributed by atoms with Crippen LogP contribution in [0.3, 0.4) is 0 Å². The van der Waals surface area contributed by atoms with Crippen molar-refractivity contribution >= 4 is 23.8 Å². The normalized spacial score (nSPS) is 14.6. The zero-order chi connectivity index (χ0) is 18.6. The lowest BCUT2D eigenvalue weighted by Crippen LogP contribution is -2.23. The first kappa shape index (κ1) is 18.2. The summed E-state index contributed by atoms with van der Waals surface area (Å²) in [5.41, 5.74) is 1.82. The van der Waals surface area contributed by atoms with E-state index in [2.05, 4.69) is 10.00 Å². The van der Waals surface area contributed by atoms with Gasteiger partial charge < -0.3 is 9.15 Å². The van der Waals surface area contributed by atoms with Crippen molar-refractivity contribution in [3.8, 4) is 17.2 Å². The predicted molar refractivity (Wildman–Crippen MR) is 107 cm³/mol. The Kier molecular flexibility index (Phi) is 5.57. The van der Waals surface area contributed by atoms with Crippen LogP contribution in [0.1, 0.15) is 18.4 Å². The van der Waals surface area contributed by atoms with Gasteiger partial charge in [-0.05, 0) is 68.5 Å². The number of hydrogen-bond donors (Lipinski definition) is 0. The maximum absolute atomic E-state index is 6.16. The summed E-state index contributed by atoms with van der Waals surface area (Å²) in [5, 5.41) is 5.23. The average Bonchev–Trinajstić information content (AvgIpc) is 3.32. The molecule has 1 aliphatic rings. The average molecular weight is 402 g/mol. The molecule has 0 N–H and O–H groups in total. The summed E-state index contributed by atoms with van der Waals surface area (Å²) >= 11 is 11.5. The van der Waals surface area contributed by atoms with Crippen LogP contribution >= 0.6 is 23.8 Å². The fourth-order valence-electron chi connectivity index (χ4n) is 3.10. The largest absolute Gasteiger partial charge is 0.489 e. The SMILES string of the molecule is S=c1oc(-c2ccc(OCc3ccccc3Cl)cc2)nn1CN1CCCC1. The first-order valence-corrected chi connectivity index (χ1v) is 9.74. The van der Waals surface area contributed by atoms with Crippen molar-refractivity contribution in [1.29, 1.82) is 0 Å². The monoisotopic (exact) mass is 401 g/mol. The van der Waals surface area contributed by atoms with Crippen LogP contribution in [-0.4, -0.2) is 27.8 Å². The molecule has 0 aliphatic carbocycles. The minimum absolute atomic E-state index is 0.399. The van der Waals surface area contributed by atoms with E-state index in [1.165, 1.54) is 12.8 Å². The van der Waals surface area contributed by atoms with Crippen LogP contribution in [0.15, 0.2) is 52.9 Å². The first-order valence-electron chi connectivity index (χ1n) is 8.96. The van der Waals surface area contributed by atoms with Crippen LogP contribution < -0.4 is 4.74 Å². The van der Waals surface area contributed by atoms with Crippen LogP contribution in [-0.2, 0) is 13.3 Å². The van der Waals surface area contributed by atoms with E-state index < -0.39 is 0 Å². The van der Waals surface area contributed by atoms with Crippen molar-refractivity contribution in [1.82, 2.24) is 14.7 Å². The van der Waals surface area contributed by atoms with Gasteiger partial charge in [-0.15, -0.1) is 5.10 Å². The lowest BCUT2D eigenvalue weighted by atomic mass is 10.2. The molecule has 140 valence electrons. The number of hydrogen-bond acceptors (Lipinski definition) is 5. The van der Waals surface area contributed by atoms with Crippen molar-refractivity contribution in [3.63, 3.8) is 0 Å². The van der Waals surface area contributed by atoms with Crippen LogP contribution in [0, 0.1) is 4.84 Å². The van der Waals surface area contributed by atoms with Gasteiger partial charge in [-0.2, -0.15) is 0 Å². The number of halogens is 1. The summed E-state index contributed by atoms with van der Waals surface area (Å²) in [6.45, 7) is 3.27. The maximum atomic E-state index is 6.16. The topological polar surface area (TPSA) is 43.4 Å². The predicted octanol–water partition coefficient (Wildman–Crippen LogP) is 5.16. The molecule has 0 spiro atoms. The number of likely N-dealkylation sites (tertiary alicyclic amines) is 1. The van der Waals surface area contributed by atoms with Crippen LogP contribution in [0.25, 0.3) is 11.5 Å². The van der Waals surface area contributed by atoms with Crippen molar-refractivity contribution in [3.05, 3.63) is 64.0 Å². The lowest BCUT2D eigenvalue weighted by Gasteiger charge is -2.12. The Labute approximate surface area is 168 Å². The van der Waals surface area contributed by atoms with Crippen molar-refractivity contribution in [2.45, 2.75) is 26.1 Å². The molecule has 27 heavy (non-hydrogen) atoms. The Bertz CT molecular complexity index is 962. The molecule has 0 radical (unpaired) electrons. The number of benzene rings is 2. The molecule has 5 nitrogen and oxygen atoms in total. The molecule has 1 aliphatic heterocycles. The summed E-state index contributed by atoms with van der Waals surface area (Å²) in [4.78, 5) is 2.73. The fraction of sp³-hybridized carbons (Fsp3) is 0.300. The van der Waals surface area contributed by atoms with E-state index in [9.17, 15) is 0 Å². The van der Waals surface area contributed by atoms with Gasteiger partial charge in [0.05, 0.1) is 6.67 Å². The van der Waals surface area contributed by atoms with Gasteiger partial charge in [0, 0.05) is 16.1 Å². The first-order chi connectivity index (χ1) is 13.2. The third-order valence-corrected chi connectivity index (χ3v) is 5.26. The van der Waals surface area contributed by atoms with E-state index in [-0.39, 0.29) is 0 Å². The van der Waals surface area contributed by atoms with E-state index >= 15 is 0 Å². The third-order valence-electron chi connectivity index (χ3n) is 4.59. The minimum atomic E-state index is 0.399. The van der Waals surface area contributed by atoms with Gasteiger partial charge in [-0.25, -0.2) is 4.68 Å². The highest BCUT2D eigenvalue weighted by molar-refractivity contribution is 7.71. The molecule has 4 rings (SSSR count). The molecule has 0 saturated carbocycles. The van der Waals surface area contributed by atoms with Gasteiger partial charge >= 0.3 is 0 Å². The summed E-state index contributed by atoms with van der Waals surface area (Å²) in [7, 11) is 0. The van der Waals surface area contributed by atoms with Gasteiger partial charge in [0.25, 0.3) is 4.84 Å². The summed E-state index contributed by atoms with van der Waals surface area (Å²) in [6.07, 6.45) is 2.46. The number of aromatic nitrogens is 2. The van der Waals surface area contributed by atoms with Crippen LogP contribution in [0.4, 0.5) is 0 Å². The van der Waals surface area contributed by atoms with Crippen LogP contribution in [0.2, 0.25) is 5.02 Å². The molecule has 0 bridgehead atoms. The fourth-order valence-corrected chi connectivity index (χ4v) is 3.46. The standard InChI is InChI=1S/C20H20ClN3O2S/c21-18-6-2-1-5-16(18)13-25-17-9-7-15(8-10-17)19-22-24(20(27)26-19)14-23-11-3-4-12-23/h1-2,5-10H,3-4,11-14H2. The summed E-state index contributed by atoms with van der Waals surface area (Å²) < 4.78 is 13.2. The Hall–Kier alpha value is -2.15. The van der Waals surface area contributed by atoms with Crippen molar-refractivity contribution in [2.24, 2.45) is 0 Å². The number of nitrogens with zero attached hydrogens (tertiary/aromatic N) is 3. The Balaban J connectivity index is 1.43. The number of ether oxygens (including phenoxy) is 1. The zero-order valence-electron chi connectivity index (χ0n) is 14.8. The second-order valence-corrected chi connectivity index (χ2v) is 7.30. The molecule has 2 aromatic carbocycles. The molecule has 0 amide bonds. The molecule has 1 fully saturated rings. The third kappa shape index (κ3) is 4.40. The van der Waals surface area contributed by atoms with E-state index in [0.29, 0.717) is 29.0 Å². The Morgan fingerprint density at radius 2 is 1.81 bits per heavy atom. The van der Waals surface area contributed by atoms with E-state index in [1.54, 1.807) is 4.68 Å². The molecular formula is C20H20ClN3O2S. The van der Waals surface area contributed by atoms with Gasteiger partial charge in [-0.1, -0.05) is 29.8 Å². The highest BCUT2D eigenvalue weighted by Crippen LogP contribution is 2.23. The van der Waals surface area contributed by atoms with Crippen LogP contribution in [0.5, 0.6) is 5.75 Å². The van der Waals surface area contributed by atoms with Gasteiger partial charge in [0.15, 0.2) is 0 Å². The van der Waals surface area contributed by atoms with Gasteiger partial charge in [0.2, 0.25) is 5.89 Å².